The van der Waals surface area contributed by atoms with Crippen LogP contribution in [0, 0.1) is 0 Å². The van der Waals surface area contributed by atoms with Gasteiger partial charge in [0.1, 0.15) is 12.2 Å². The molecule has 33 heavy (non-hydrogen) atoms. The lowest BCUT2D eigenvalue weighted by Gasteiger charge is -2.27. The van der Waals surface area contributed by atoms with Gasteiger partial charge in [0.15, 0.2) is 16.9 Å². The predicted molar refractivity (Wildman–Crippen MR) is 101 cm³/mol. The number of ether oxygens (including phenoxy) is 1. The molecular weight excluding hydrogens is 523 g/mol. The van der Waals surface area contributed by atoms with Crippen LogP contribution in [0.15, 0.2) is 9.59 Å². The first-order valence-electron chi connectivity index (χ1n) is 8.25. The summed E-state index contributed by atoms with van der Waals surface area (Å²) in [6.07, 6.45) is -3.75. The summed E-state index contributed by atoms with van der Waals surface area (Å²) < 4.78 is 50.7. The molecule has 0 bridgehead atoms. The van der Waals surface area contributed by atoms with Crippen LogP contribution in [0.25, 0.3) is 11.2 Å². The lowest BCUT2D eigenvalue weighted by atomic mass is 10.1. The van der Waals surface area contributed by atoms with Crippen molar-refractivity contribution in [2.45, 2.75) is 17.9 Å². The number of hydrogen-bond acceptors (Lipinski definition) is 13. The van der Waals surface area contributed by atoms with Crippen molar-refractivity contribution in [3.05, 3.63) is 20.8 Å². The minimum Gasteiger partial charge on any atom is -0.385 e. The Morgan fingerprint density at radius 3 is 2.39 bits per heavy atom. The summed E-state index contributed by atoms with van der Waals surface area (Å²) in [6.45, 7) is -1.94. The fraction of sp³-hybridized carbons (Fsp3) is 0.500. The summed E-state index contributed by atoms with van der Waals surface area (Å²) >= 11 is 0. The van der Waals surface area contributed by atoms with Crippen LogP contribution in [0.3, 0.4) is 0 Å². The average molecular weight is 539 g/mol. The molecule has 0 spiro atoms. The van der Waals surface area contributed by atoms with E-state index in [9.17, 15) is 38.4 Å². The van der Waals surface area contributed by atoms with E-state index in [0.717, 1.165) is 0 Å². The second-order valence-electron chi connectivity index (χ2n) is 6.47. The number of aliphatic hydroxyl groups excluding tert-OH is 1. The monoisotopic (exact) mass is 539 g/mol. The number of aromatic nitrogens is 4. The molecule has 0 radical (unpaired) electrons. The highest BCUT2D eigenvalue weighted by atomic mass is 31.3. The van der Waals surface area contributed by atoms with Crippen molar-refractivity contribution >= 4 is 40.6 Å². The zero-order valence-corrected chi connectivity index (χ0v) is 18.4. The second-order valence-corrected chi connectivity index (χ2v) is 10.9. The fourth-order valence-corrected chi connectivity index (χ4v) is 5.91. The molecule has 20 nitrogen and oxygen atoms in total. The van der Waals surface area contributed by atoms with Gasteiger partial charge in [0.05, 0.1) is 13.2 Å². The zero-order chi connectivity index (χ0) is 25.0. The molecule has 0 saturated carbocycles. The Balaban J connectivity index is 1.79. The Morgan fingerprint density at radius 1 is 1.15 bits per heavy atom. The molecule has 1 aliphatic heterocycles. The number of aromatic amines is 2. The Kier molecular flexibility index (Phi) is 6.64. The van der Waals surface area contributed by atoms with Crippen LogP contribution in [0.5, 0.6) is 0 Å². The molecule has 1 aliphatic rings. The van der Waals surface area contributed by atoms with Gasteiger partial charge in [-0.3, -0.25) is 19.3 Å². The summed E-state index contributed by atoms with van der Waals surface area (Å²) in [5, 5.41) is 21.3. The Labute approximate surface area is 180 Å². The number of nitrogens with one attached hydrogen (secondary N) is 2. The van der Waals surface area contributed by atoms with E-state index in [1.54, 1.807) is 0 Å². The largest absolute Gasteiger partial charge is 0.490 e. The summed E-state index contributed by atoms with van der Waals surface area (Å²) in [4.78, 5) is 67.7. The Morgan fingerprint density at radius 2 is 1.79 bits per heavy atom. The number of phosphoric acid groups is 3. The molecule has 5 unspecified atom stereocenters. The SMILES string of the molecule is Nc1nc2c([nH]c(=O)n2C2(O)COC(COP(=O)(O)OP(=O)(O)OP(=O)(O)O)C2O)c(=O)[nH]1. The van der Waals surface area contributed by atoms with E-state index in [1.165, 1.54) is 0 Å². The molecule has 5 atom stereocenters. The van der Waals surface area contributed by atoms with Gasteiger partial charge < -0.3 is 40.3 Å². The highest BCUT2D eigenvalue weighted by Crippen LogP contribution is 2.66. The minimum atomic E-state index is -5.78. The van der Waals surface area contributed by atoms with Crippen molar-refractivity contribution in [1.82, 2.24) is 19.5 Å². The number of fused-ring (bicyclic) bond motifs is 1. The number of rotatable bonds is 8. The van der Waals surface area contributed by atoms with Gasteiger partial charge in [-0.05, 0) is 0 Å². The summed E-state index contributed by atoms with van der Waals surface area (Å²) in [6, 6.07) is 0. The number of phosphoric ester groups is 1. The molecule has 23 heteroatoms. The van der Waals surface area contributed by atoms with Crippen molar-refractivity contribution in [1.29, 1.82) is 0 Å². The number of aliphatic hydroxyl groups is 2. The molecule has 2 aromatic rings. The molecule has 186 valence electrons. The van der Waals surface area contributed by atoms with E-state index < -0.39 is 83.0 Å². The molecule has 1 saturated heterocycles. The molecular formula is C10H16N5O15P3. The smallest absolute Gasteiger partial charge is 0.385 e. The summed E-state index contributed by atoms with van der Waals surface area (Å²) in [7, 11) is -16.9. The first kappa shape index (κ1) is 25.9. The van der Waals surface area contributed by atoms with Crippen molar-refractivity contribution in [2.75, 3.05) is 18.9 Å². The number of nitrogen functional groups attached to an aromatic ring is 1. The number of imidazole rings is 1. The van der Waals surface area contributed by atoms with Gasteiger partial charge in [-0.1, -0.05) is 0 Å². The number of anilines is 1. The van der Waals surface area contributed by atoms with Crippen LogP contribution >= 0.6 is 23.5 Å². The van der Waals surface area contributed by atoms with E-state index in [-0.39, 0.29) is 0 Å². The first-order chi connectivity index (χ1) is 14.9. The van der Waals surface area contributed by atoms with Gasteiger partial charge in [-0.15, -0.1) is 0 Å². The topological polar surface area (TPSA) is 319 Å². The van der Waals surface area contributed by atoms with Crippen LogP contribution in [-0.4, -0.2) is 74.7 Å². The van der Waals surface area contributed by atoms with Gasteiger partial charge in [-0.2, -0.15) is 13.6 Å². The van der Waals surface area contributed by atoms with Crippen molar-refractivity contribution in [3.63, 3.8) is 0 Å². The maximum atomic E-state index is 12.3. The molecule has 1 fully saturated rings. The van der Waals surface area contributed by atoms with Crippen LogP contribution in [0.2, 0.25) is 0 Å². The average Bonchev–Trinajstić information content (AvgIpc) is 3.08. The van der Waals surface area contributed by atoms with Crippen LogP contribution in [-0.2, 0) is 37.3 Å². The van der Waals surface area contributed by atoms with Gasteiger partial charge in [0.2, 0.25) is 5.95 Å². The molecule has 2 aromatic heterocycles. The Bertz CT molecular complexity index is 1330. The molecule has 3 heterocycles. The fourth-order valence-electron chi connectivity index (χ4n) is 2.88. The molecule has 3 rings (SSSR count). The van der Waals surface area contributed by atoms with E-state index in [4.69, 9.17) is 25.2 Å². The summed E-state index contributed by atoms with van der Waals surface area (Å²) in [5.74, 6) is -0.429. The zero-order valence-electron chi connectivity index (χ0n) is 15.7. The van der Waals surface area contributed by atoms with Crippen LogP contribution in [0.4, 0.5) is 5.95 Å². The summed E-state index contributed by atoms with van der Waals surface area (Å²) in [5.41, 5.74) is 0.00822. The maximum absolute atomic E-state index is 12.3. The highest BCUT2D eigenvalue weighted by molar-refractivity contribution is 7.66. The van der Waals surface area contributed by atoms with E-state index in [1.807, 2.05) is 0 Å². The highest BCUT2D eigenvalue weighted by Gasteiger charge is 2.52. The van der Waals surface area contributed by atoms with Gasteiger partial charge in [0.25, 0.3) is 5.56 Å². The number of nitrogens with zero attached hydrogens (tertiary/aromatic N) is 2. The molecule has 0 aromatic carbocycles. The molecule has 0 amide bonds. The number of nitrogens with two attached hydrogens (primary N) is 1. The van der Waals surface area contributed by atoms with E-state index >= 15 is 0 Å². The van der Waals surface area contributed by atoms with Crippen molar-refractivity contribution < 1.29 is 61.4 Å². The van der Waals surface area contributed by atoms with Gasteiger partial charge in [0, 0.05) is 0 Å². The predicted octanol–water partition coefficient (Wildman–Crippen LogP) is -3.26. The van der Waals surface area contributed by atoms with Crippen LogP contribution in [0.1, 0.15) is 0 Å². The van der Waals surface area contributed by atoms with E-state index in [2.05, 4.69) is 28.1 Å². The van der Waals surface area contributed by atoms with E-state index in [0.29, 0.717) is 4.57 Å². The minimum absolute atomic E-state index is 0.397. The quantitative estimate of drug-likeness (QED) is 0.149. The lowest BCUT2D eigenvalue weighted by molar-refractivity contribution is -0.111. The standard InChI is InChI=1S/C10H16N5O15P3/c11-8-13-6-4(7(17)14-8)12-9(18)15(6)10(19)2-27-3(5(10)16)1-28-32(23,24)30-33(25,26)29-31(20,21)22/h3,5,16,19H,1-2H2,(H,12,18)(H,23,24)(H,25,26)(H2,20,21,22)(H3,11,13,14,17). The second kappa shape index (κ2) is 8.47. The Hall–Kier alpha value is -1.76. The third kappa shape index (κ3) is 5.50. The maximum Gasteiger partial charge on any atom is 0.490 e. The molecule has 0 aliphatic carbocycles. The number of H-pyrrole nitrogens is 2. The molecule has 10 N–H and O–H groups in total. The van der Waals surface area contributed by atoms with Gasteiger partial charge >= 0.3 is 29.2 Å². The normalized spacial score (nSPS) is 27.5. The van der Waals surface area contributed by atoms with Crippen molar-refractivity contribution in [2.24, 2.45) is 0 Å². The van der Waals surface area contributed by atoms with Gasteiger partial charge in [-0.25, -0.2) is 23.1 Å². The third-order valence-corrected chi connectivity index (χ3v) is 7.91. The van der Waals surface area contributed by atoms with Crippen molar-refractivity contribution in [3.8, 4) is 0 Å². The lowest BCUT2D eigenvalue weighted by Crippen LogP contribution is -2.51. The third-order valence-electron chi connectivity index (χ3n) is 4.11. The van der Waals surface area contributed by atoms with Crippen LogP contribution < -0.4 is 17.0 Å². The number of hydrogen-bond donors (Lipinski definition) is 9. The first-order valence-corrected chi connectivity index (χ1v) is 12.8.